The molecule has 2 aromatic heterocycles. The minimum absolute atomic E-state index is 0.345. The van der Waals surface area contributed by atoms with Crippen molar-refractivity contribution < 1.29 is 14.3 Å². The van der Waals surface area contributed by atoms with Gasteiger partial charge in [0.2, 0.25) is 5.95 Å². The molecule has 0 radical (unpaired) electrons. The number of imide groups is 1. The minimum atomic E-state index is -0.359. The zero-order valence-electron chi connectivity index (χ0n) is 19.2. The molecule has 0 saturated carbocycles. The van der Waals surface area contributed by atoms with E-state index in [9.17, 15) is 9.59 Å². The van der Waals surface area contributed by atoms with Crippen molar-refractivity contribution in [2.24, 2.45) is 0 Å². The number of aryl methyl sites for hydroxylation is 1. The van der Waals surface area contributed by atoms with E-state index >= 15 is 0 Å². The van der Waals surface area contributed by atoms with E-state index in [1.165, 1.54) is 37.3 Å². The predicted molar refractivity (Wildman–Crippen MR) is 140 cm³/mol. The Morgan fingerprint density at radius 1 is 1.14 bits per heavy atom. The van der Waals surface area contributed by atoms with Crippen LogP contribution in [-0.4, -0.2) is 52.3 Å². The lowest BCUT2D eigenvalue weighted by Crippen LogP contribution is -2.25. The van der Waals surface area contributed by atoms with Crippen molar-refractivity contribution in [2.75, 3.05) is 31.6 Å². The molecule has 180 valence electrons. The Morgan fingerprint density at radius 3 is 2.69 bits per heavy atom. The van der Waals surface area contributed by atoms with Crippen molar-refractivity contribution in [1.82, 2.24) is 20.2 Å². The average molecular weight is 508 g/mol. The van der Waals surface area contributed by atoms with Crippen LogP contribution in [-0.2, 0) is 4.79 Å². The molecule has 5 rings (SSSR count). The molecule has 3 aromatic rings. The Labute approximate surface area is 211 Å². The molecule has 2 aliphatic heterocycles. The Morgan fingerprint density at radius 2 is 1.94 bits per heavy atom. The zero-order valence-corrected chi connectivity index (χ0v) is 20.9. The zero-order chi connectivity index (χ0) is 24.2. The molecular formula is C25H25N5O3S2. The molecule has 0 bridgehead atoms. The van der Waals surface area contributed by atoms with Crippen LogP contribution in [0, 0.1) is 6.92 Å². The molecule has 8 nitrogen and oxygen atoms in total. The van der Waals surface area contributed by atoms with Crippen LogP contribution in [0.1, 0.15) is 23.3 Å². The maximum atomic E-state index is 11.8. The maximum Gasteiger partial charge on any atom is 0.290 e. The molecule has 4 heterocycles. The summed E-state index contributed by atoms with van der Waals surface area (Å²) >= 11 is 2.42. The average Bonchev–Trinajstić information content (AvgIpc) is 3.59. The standard InChI is InChI=1S/C25H25N5O3S2/c1-16-15-26-24(27-17-4-6-18(7-5-17)33-13-12-30-10-2-3-11-30)28-22(16)20-9-8-19(34-20)14-21-23(31)29-25(32)35-21/h4-9,14-15H,2-3,10-13H2,1H3,(H,26,27,28)(H,29,31,32)/b21-14+. The monoisotopic (exact) mass is 507 g/mol. The van der Waals surface area contributed by atoms with Gasteiger partial charge in [-0.15, -0.1) is 11.3 Å². The number of carbonyl (C=O) groups excluding carboxylic acids is 2. The second-order valence-corrected chi connectivity index (χ2v) is 10.5. The van der Waals surface area contributed by atoms with Gasteiger partial charge < -0.3 is 10.1 Å². The van der Waals surface area contributed by atoms with Gasteiger partial charge >= 0.3 is 0 Å². The van der Waals surface area contributed by atoms with Gasteiger partial charge in [-0.1, -0.05) is 0 Å². The quantitative estimate of drug-likeness (QED) is 0.409. The minimum Gasteiger partial charge on any atom is -0.492 e. The molecular weight excluding hydrogens is 482 g/mol. The molecule has 1 aromatic carbocycles. The highest BCUT2D eigenvalue weighted by Crippen LogP contribution is 2.33. The number of anilines is 2. The van der Waals surface area contributed by atoms with Crippen molar-refractivity contribution in [3.05, 3.63) is 57.9 Å². The summed E-state index contributed by atoms with van der Waals surface area (Å²) in [5, 5.41) is 5.19. The molecule has 0 spiro atoms. The molecule has 0 unspecified atom stereocenters. The predicted octanol–water partition coefficient (Wildman–Crippen LogP) is 5.06. The Bertz CT molecular complexity index is 1270. The second-order valence-electron chi connectivity index (χ2n) is 8.33. The molecule has 2 N–H and O–H groups in total. The molecule has 10 heteroatoms. The van der Waals surface area contributed by atoms with E-state index in [1.54, 1.807) is 12.3 Å². The number of thiophene rings is 1. The van der Waals surface area contributed by atoms with Crippen molar-refractivity contribution in [3.63, 3.8) is 0 Å². The number of likely N-dealkylation sites (tertiary alicyclic amines) is 1. The number of aromatic nitrogens is 2. The van der Waals surface area contributed by atoms with Gasteiger partial charge in [-0.2, -0.15) is 0 Å². The third kappa shape index (κ3) is 5.90. The number of nitrogens with zero attached hydrogens (tertiary/aromatic N) is 3. The lowest BCUT2D eigenvalue weighted by molar-refractivity contribution is -0.115. The van der Waals surface area contributed by atoms with E-state index in [0.717, 1.165) is 50.8 Å². The summed E-state index contributed by atoms with van der Waals surface area (Å²) in [5.74, 6) is 0.983. The van der Waals surface area contributed by atoms with Crippen LogP contribution in [0.3, 0.4) is 0 Å². The van der Waals surface area contributed by atoms with Crippen LogP contribution in [0.4, 0.5) is 16.4 Å². The van der Waals surface area contributed by atoms with Gasteiger partial charge in [-0.25, -0.2) is 9.97 Å². The molecule has 2 amide bonds. The number of hydrogen-bond donors (Lipinski definition) is 2. The summed E-state index contributed by atoms with van der Waals surface area (Å²) in [4.78, 5) is 37.0. The van der Waals surface area contributed by atoms with Crippen molar-refractivity contribution in [2.45, 2.75) is 19.8 Å². The number of nitrogens with one attached hydrogen (secondary N) is 2. The molecule has 35 heavy (non-hydrogen) atoms. The van der Waals surface area contributed by atoms with E-state index in [1.807, 2.05) is 43.3 Å². The van der Waals surface area contributed by atoms with E-state index in [-0.39, 0.29) is 11.1 Å². The third-order valence-electron chi connectivity index (χ3n) is 5.73. The fraction of sp³-hybridized carbons (Fsp3) is 0.280. The van der Waals surface area contributed by atoms with E-state index in [0.29, 0.717) is 17.5 Å². The van der Waals surface area contributed by atoms with Crippen LogP contribution >= 0.6 is 23.1 Å². The number of hydrogen-bond acceptors (Lipinski definition) is 9. The van der Waals surface area contributed by atoms with Gasteiger partial charge in [0.15, 0.2) is 0 Å². The first kappa shape index (κ1) is 23.5. The van der Waals surface area contributed by atoms with Crippen molar-refractivity contribution in [1.29, 1.82) is 0 Å². The number of carbonyl (C=O) groups is 2. The summed E-state index contributed by atoms with van der Waals surface area (Å²) in [6.45, 7) is 5.96. The molecule has 0 atom stereocenters. The van der Waals surface area contributed by atoms with Gasteiger partial charge in [0.25, 0.3) is 11.1 Å². The first-order chi connectivity index (χ1) is 17.0. The fourth-order valence-electron chi connectivity index (χ4n) is 3.92. The third-order valence-corrected chi connectivity index (χ3v) is 7.58. The highest BCUT2D eigenvalue weighted by molar-refractivity contribution is 8.18. The van der Waals surface area contributed by atoms with E-state index in [2.05, 4.69) is 20.5 Å². The number of thioether (sulfide) groups is 1. The van der Waals surface area contributed by atoms with Gasteiger partial charge in [0.05, 0.1) is 15.5 Å². The first-order valence-corrected chi connectivity index (χ1v) is 13.1. The van der Waals surface area contributed by atoms with Crippen LogP contribution in [0.5, 0.6) is 5.75 Å². The number of rotatable bonds is 8. The van der Waals surface area contributed by atoms with Crippen molar-refractivity contribution >= 4 is 52.0 Å². The number of ether oxygens (including phenoxy) is 1. The summed E-state index contributed by atoms with van der Waals surface area (Å²) < 4.78 is 5.88. The van der Waals surface area contributed by atoms with E-state index < -0.39 is 0 Å². The Hall–Kier alpha value is -3.21. The molecule has 2 fully saturated rings. The smallest absolute Gasteiger partial charge is 0.290 e. The molecule has 2 saturated heterocycles. The Balaban J connectivity index is 1.23. The van der Waals surface area contributed by atoms with Crippen LogP contribution in [0.25, 0.3) is 16.6 Å². The lowest BCUT2D eigenvalue weighted by Gasteiger charge is -2.15. The molecule has 2 aliphatic rings. The van der Waals surface area contributed by atoms with Crippen LogP contribution in [0.2, 0.25) is 0 Å². The number of benzene rings is 1. The van der Waals surface area contributed by atoms with Crippen LogP contribution in [0.15, 0.2) is 47.5 Å². The summed E-state index contributed by atoms with van der Waals surface area (Å²) in [5.41, 5.74) is 2.64. The fourth-order valence-corrected chi connectivity index (χ4v) is 5.68. The lowest BCUT2D eigenvalue weighted by atomic mass is 10.2. The van der Waals surface area contributed by atoms with Gasteiger partial charge in [-0.05, 0) is 92.7 Å². The summed E-state index contributed by atoms with van der Waals surface area (Å²) in [6, 6.07) is 11.7. The summed E-state index contributed by atoms with van der Waals surface area (Å²) in [6.07, 6.45) is 6.09. The van der Waals surface area contributed by atoms with Gasteiger partial charge in [0, 0.05) is 23.3 Å². The molecule has 0 aliphatic carbocycles. The van der Waals surface area contributed by atoms with Crippen LogP contribution < -0.4 is 15.4 Å². The highest BCUT2D eigenvalue weighted by Gasteiger charge is 2.25. The van der Waals surface area contributed by atoms with Crippen molar-refractivity contribution in [3.8, 4) is 16.3 Å². The van der Waals surface area contributed by atoms with E-state index in [4.69, 9.17) is 9.72 Å². The highest BCUT2D eigenvalue weighted by atomic mass is 32.2. The first-order valence-electron chi connectivity index (χ1n) is 11.4. The number of amides is 2. The van der Waals surface area contributed by atoms with Gasteiger partial charge in [-0.3, -0.25) is 19.8 Å². The van der Waals surface area contributed by atoms with Gasteiger partial charge in [0.1, 0.15) is 12.4 Å². The topological polar surface area (TPSA) is 96.5 Å². The normalized spacial score (nSPS) is 17.2. The SMILES string of the molecule is Cc1cnc(Nc2ccc(OCCN3CCCC3)cc2)nc1-c1ccc(/C=C2/SC(=O)NC2=O)s1. The largest absolute Gasteiger partial charge is 0.492 e. The maximum absolute atomic E-state index is 11.8. The second kappa shape index (κ2) is 10.6. The Kier molecular flexibility index (Phi) is 7.12. The summed E-state index contributed by atoms with van der Waals surface area (Å²) in [7, 11) is 0.